The molecule has 0 bridgehead atoms. The lowest BCUT2D eigenvalue weighted by molar-refractivity contribution is -0.166. The molecule has 0 radical (unpaired) electrons. The van der Waals surface area contributed by atoms with E-state index < -0.39 is 5.54 Å². The van der Waals surface area contributed by atoms with E-state index in [1.54, 1.807) is 7.11 Å². The van der Waals surface area contributed by atoms with E-state index in [0.29, 0.717) is 13.0 Å². The molecule has 0 spiro atoms. The van der Waals surface area contributed by atoms with Crippen molar-refractivity contribution in [3.05, 3.63) is 0 Å². The van der Waals surface area contributed by atoms with Crippen molar-refractivity contribution in [1.29, 1.82) is 0 Å². The Kier molecular flexibility index (Phi) is 7.73. The maximum Gasteiger partial charge on any atom is 0.157 e. The molecular formula is C12H25NO5. The van der Waals surface area contributed by atoms with Gasteiger partial charge in [-0.3, -0.25) is 0 Å². The average molecular weight is 263 g/mol. The monoisotopic (exact) mass is 263 g/mol. The summed E-state index contributed by atoms with van der Waals surface area (Å²) in [6.07, 6.45) is 3.56. The lowest BCUT2D eigenvalue weighted by atomic mass is 10.00. The summed E-state index contributed by atoms with van der Waals surface area (Å²) in [7, 11) is 1.54. The van der Waals surface area contributed by atoms with Gasteiger partial charge in [0.1, 0.15) is 6.79 Å². The molecule has 0 aromatic rings. The third kappa shape index (κ3) is 6.08. The van der Waals surface area contributed by atoms with Crippen LogP contribution in [0.25, 0.3) is 0 Å². The fourth-order valence-corrected chi connectivity index (χ4v) is 1.76. The summed E-state index contributed by atoms with van der Waals surface area (Å²) in [5.41, 5.74) is 5.22. The van der Waals surface area contributed by atoms with Crippen molar-refractivity contribution in [2.24, 2.45) is 5.73 Å². The second kappa shape index (κ2) is 8.79. The van der Waals surface area contributed by atoms with Gasteiger partial charge in [0.2, 0.25) is 0 Å². The van der Waals surface area contributed by atoms with Gasteiger partial charge in [-0.15, -0.1) is 0 Å². The Labute approximate surface area is 108 Å². The van der Waals surface area contributed by atoms with E-state index in [-0.39, 0.29) is 26.3 Å². The second-order valence-electron chi connectivity index (χ2n) is 4.69. The third-order valence-electron chi connectivity index (χ3n) is 2.95. The smallest absolute Gasteiger partial charge is 0.157 e. The van der Waals surface area contributed by atoms with E-state index in [1.165, 1.54) is 0 Å². The summed E-state index contributed by atoms with van der Waals surface area (Å²) in [6.45, 7) is 1.48. The largest absolute Gasteiger partial charge is 0.394 e. The standard InChI is InChI=1S/C12H25NO5/c1-15-10-16-9-12(13,8-14)5-7-18-11-4-2-3-6-17-11/h11,14H,2-10,13H2,1H3. The van der Waals surface area contributed by atoms with Crippen LogP contribution in [0.15, 0.2) is 0 Å². The van der Waals surface area contributed by atoms with E-state index in [4.69, 9.17) is 24.7 Å². The molecule has 6 nitrogen and oxygen atoms in total. The molecule has 1 rings (SSSR count). The molecule has 1 saturated heterocycles. The van der Waals surface area contributed by atoms with Crippen LogP contribution < -0.4 is 5.73 Å². The van der Waals surface area contributed by atoms with Gasteiger partial charge in [0.15, 0.2) is 6.29 Å². The molecule has 3 N–H and O–H groups in total. The Morgan fingerprint density at radius 1 is 1.44 bits per heavy atom. The minimum atomic E-state index is -0.785. The quantitative estimate of drug-likeness (QED) is 0.458. The van der Waals surface area contributed by atoms with E-state index in [0.717, 1.165) is 25.9 Å². The minimum absolute atomic E-state index is 0.124. The highest BCUT2D eigenvalue weighted by atomic mass is 16.7. The SMILES string of the molecule is COCOCC(N)(CO)CCOC1CCCCO1. The normalized spacial score (nSPS) is 23.8. The molecule has 0 aromatic heterocycles. The highest BCUT2D eigenvalue weighted by Gasteiger charge is 2.25. The van der Waals surface area contributed by atoms with Gasteiger partial charge in [0.05, 0.1) is 25.4 Å². The molecule has 1 aliphatic rings. The van der Waals surface area contributed by atoms with Crippen molar-refractivity contribution in [2.45, 2.75) is 37.5 Å². The Morgan fingerprint density at radius 2 is 2.28 bits per heavy atom. The molecule has 0 aliphatic carbocycles. The fraction of sp³-hybridized carbons (Fsp3) is 1.00. The minimum Gasteiger partial charge on any atom is -0.394 e. The summed E-state index contributed by atoms with van der Waals surface area (Å²) in [5.74, 6) is 0. The van der Waals surface area contributed by atoms with Gasteiger partial charge in [0, 0.05) is 13.7 Å². The van der Waals surface area contributed by atoms with Gasteiger partial charge in [-0.05, 0) is 25.7 Å². The number of ether oxygens (including phenoxy) is 4. The highest BCUT2D eigenvalue weighted by Crippen LogP contribution is 2.15. The first-order chi connectivity index (χ1) is 8.70. The topological polar surface area (TPSA) is 83.2 Å². The van der Waals surface area contributed by atoms with Gasteiger partial charge in [0.25, 0.3) is 0 Å². The van der Waals surface area contributed by atoms with Gasteiger partial charge >= 0.3 is 0 Å². The van der Waals surface area contributed by atoms with Gasteiger partial charge < -0.3 is 29.8 Å². The number of nitrogens with two attached hydrogens (primary N) is 1. The number of hydrogen-bond acceptors (Lipinski definition) is 6. The highest BCUT2D eigenvalue weighted by molar-refractivity contribution is 4.82. The van der Waals surface area contributed by atoms with Gasteiger partial charge in [-0.1, -0.05) is 0 Å². The van der Waals surface area contributed by atoms with Gasteiger partial charge in [-0.25, -0.2) is 0 Å². The molecule has 2 atom stereocenters. The Hall–Kier alpha value is -0.240. The zero-order valence-corrected chi connectivity index (χ0v) is 11.1. The molecule has 0 saturated carbocycles. The number of aliphatic hydroxyl groups is 1. The molecule has 6 heteroatoms. The van der Waals surface area contributed by atoms with Crippen molar-refractivity contribution in [3.63, 3.8) is 0 Å². The predicted molar refractivity (Wildman–Crippen MR) is 66.0 cm³/mol. The fourth-order valence-electron chi connectivity index (χ4n) is 1.76. The maximum absolute atomic E-state index is 9.29. The maximum atomic E-state index is 9.29. The predicted octanol–water partition coefficient (Wildman–Crippen LogP) is 0.230. The number of methoxy groups -OCH3 is 1. The van der Waals surface area contributed by atoms with Crippen LogP contribution in [-0.4, -0.2) is 57.3 Å². The third-order valence-corrected chi connectivity index (χ3v) is 2.95. The zero-order valence-electron chi connectivity index (χ0n) is 11.1. The van der Waals surface area contributed by atoms with E-state index >= 15 is 0 Å². The van der Waals surface area contributed by atoms with Crippen LogP contribution in [0, 0.1) is 0 Å². The van der Waals surface area contributed by atoms with Crippen LogP contribution in [0.3, 0.4) is 0 Å². The van der Waals surface area contributed by atoms with Crippen LogP contribution in [0.5, 0.6) is 0 Å². The lowest BCUT2D eigenvalue weighted by Gasteiger charge is -2.28. The number of hydrogen-bond donors (Lipinski definition) is 2. The first kappa shape index (κ1) is 15.8. The Morgan fingerprint density at radius 3 is 2.89 bits per heavy atom. The van der Waals surface area contributed by atoms with Crippen molar-refractivity contribution in [2.75, 3.05) is 40.3 Å². The van der Waals surface area contributed by atoms with Crippen molar-refractivity contribution in [3.8, 4) is 0 Å². The molecule has 0 amide bonds. The molecule has 1 fully saturated rings. The summed E-state index contributed by atoms with van der Waals surface area (Å²) < 4.78 is 21.0. The molecule has 2 unspecified atom stereocenters. The van der Waals surface area contributed by atoms with E-state index in [1.807, 2.05) is 0 Å². The van der Waals surface area contributed by atoms with Crippen LogP contribution in [0.2, 0.25) is 0 Å². The van der Waals surface area contributed by atoms with E-state index in [2.05, 4.69) is 0 Å². The Bertz CT molecular complexity index is 211. The summed E-state index contributed by atoms with van der Waals surface area (Å²) in [5, 5.41) is 9.29. The number of rotatable bonds is 9. The lowest BCUT2D eigenvalue weighted by Crippen LogP contribution is -2.49. The summed E-state index contributed by atoms with van der Waals surface area (Å²) in [4.78, 5) is 0. The van der Waals surface area contributed by atoms with Crippen LogP contribution in [-0.2, 0) is 18.9 Å². The van der Waals surface area contributed by atoms with Crippen molar-refractivity contribution >= 4 is 0 Å². The molecule has 0 aromatic carbocycles. The first-order valence-corrected chi connectivity index (χ1v) is 6.40. The molecule has 1 aliphatic heterocycles. The summed E-state index contributed by atoms with van der Waals surface area (Å²) in [6, 6.07) is 0. The molecular weight excluding hydrogens is 238 g/mol. The first-order valence-electron chi connectivity index (χ1n) is 6.40. The molecule has 18 heavy (non-hydrogen) atoms. The van der Waals surface area contributed by atoms with Crippen LogP contribution in [0.4, 0.5) is 0 Å². The van der Waals surface area contributed by atoms with Crippen LogP contribution >= 0.6 is 0 Å². The second-order valence-corrected chi connectivity index (χ2v) is 4.69. The zero-order chi connectivity index (χ0) is 13.3. The van der Waals surface area contributed by atoms with E-state index in [9.17, 15) is 5.11 Å². The van der Waals surface area contributed by atoms with Gasteiger partial charge in [-0.2, -0.15) is 0 Å². The van der Waals surface area contributed by atoms with Crippen molar-refractivity contribution in [1.82, 2.24) is 0 Å². The van der Waals surface area contributed by atoms with Crippen molar-refractivity contribution < 1.29 is 24.1 Å². The summed E-state index contributed by atoms with van der Waals surface area (Å²) >= 11 is 0. The average Bonchev–Trinajstić information content (AvgIpc) is 2.40. The number of aliphatic hydroxyl groups excluding tert-OH is 1. The Balaban J connectivity index is 2.16. The van der Waals surface area contributed by atoms with Crippen LogP contribution in [0.1, 0.15) is 25.7 Å². The molecule has 1 heterocycles. The molecule has 108 valence electrons.